The smallest absolute Gasteiger partial charge is 0.416 e. The van der Waals surface area contributed by atoms with Crippen molar-refractivity contribution in [2.45, 2.75) is 44.7 Å². The lowest BCUT2D eigenvalue weighted by Crippen LogP contribution is -2.51. The molecule has 4 fully saturated rings. The summed E-state index contributed by atoms with van der Waals surface area (Å²) in [6.07, 6.45) is 1.92. The molecule has 4 aliphatic rings. The van der Waals surface area contributed by atoms with E-state index < -0.39 is 17.7 Å². The van der Waals surface area contributed by atoms with E-state index in [1.807, 2.05) is 0 Å². The quantitative estimate of drug-likeness (QED) is 0.511. The lowest BCUT2D eigenvalue weighted by atomic mass is 9.48. The number of hydrogen-bond donors (Lipinski definition) is 1. The topological polar surface area (TPSA) is 55.4 Å². The minimum Gasteiger partial charge on any atom is -0.454 e. The summed E-state index contributed by atoms with van der Waals surface area (Å²) in [6, 6.07) is 11.2. The molecule has 4 saturated carbocycles. The Morgan fingerprint density at radius 1 is 0.939 bits per heavy atom. The van der Waals surface area contributed by atoms with Gasteiger partial charge in [0.05, 0.1) is 16.8 Å². The van der Waals surface area contributed by atoms with Crippen LogP contribution in [0.25, 0.3) is 0 Å². The molecule has 6 rings (SSSR count). The van der Waals surface area contributed by atoms with Gasteiger partial charge in [0.15, 0.2) is 12.4 Å². The van der Waals surface area contributed by atoms with Gasteiger partial charge in [0.2, 0.25) is 0 Å². The highest BCUT2D eigenvalue weighted by molar-refractivity contribution is 5.98. The van der Waals surface area contributed by atoms with Crippen LogP contribution in [0, 0.1) is 23.2 Å². The first-order valence-electron chi connectivity index (χ1n) is 11.5. The second-order valence-corrected chi connectivity index (χ2v) is 9.95. The SMILES string of the molecule is O=C(OCC(=O)C12CC3CC(CC(C3)C1)C2)c1ccccc1Nc1cccc(C(F)(F)F)c1. The standard InChI is InChI=1S/C26H26F3NO3/c27-26(28,29)19-4-3-5-20(11-19)30-22-7-2-1-6-21(22)24(32)33-15-23(31)25-12-16-8-17(13-25)10-18(9-16)14-25/h1-7,11,16-18,30H,8-10,12-15H2. The predicted molar refractivity (Wildman–Crippen MR) is 117 cm³/mol. The largest absolute Gasteiger partial charge is 0.454 e. The highest BCUT2D eigenvalue weighted by Crippen LogP contribution is 2.60. The van der Waals surface area contributed by atoms with Gasteiger partial charge < -0.3 is 10.1 Å². The number of halogens is 3. The minimum absolute atomic E-state index is 0.0123. The molecule has 0 amide bonds. The van der Waals surface area contributed by atoms with Crippen LogP contribution in [0.5, 0.6) is 0 Å². The monoisotopic (exact) mass is 457 g/mol. The van der Waals surface area contributed by atoms with E-state index in [0.29, 0.717) is 23.4 Å². The molecular weight excluding hydrogens is 431 g/mol. The third-order valence-electron chi connectivity index (χ3n) is 7.58. The zero-order valence-electron chi connectivity index (χ0n) is 18.2. The highest BCUT2D eigenvalue weighted by atomic mass is 19.4. The number of para-hydroxylation sites is 1. The molecule has 2 aromatic carbocycles. The van der Waals surface area contributed by atoms with Crippen molar-refractivity contribution < 1.29 is 27.5 Å². The summed E-state index contributed by atoms with van der Waals surface area (Å²) >= 11 is 0. The van der Waals surface area contributed by atoms with Gasteiger partial charge >= 0.3 is 12.1 Å². The Labute approximate surface area is 190 Å². The highest BCUT2D eigenvalue weighted by Gasteiger charge is 2.54. The van der Waals surface area contributed by atoms with Crippen LogP contribution in [0.15, 0.2) is 48.5 Å². The van der Waals surface area contributed by atoms with E-state index in [1.165, 1.54) is 37.5 Å². The Bertz CT molecular complexity index is 1040. The molecule has 0 aromatic heterocycles. The van der Waals surface area contributed by atoms with Crippen molar-refractivity contribution in [2.75, 3.05) is 11.9 Å². The van der Waals surface area contributed by atoms with Crippen LogP contribution in [-0.4, -0.2) is 18.4 Å². The molecule has 0 radical (unpaired) electrons. The van der Waals surface area contributed by atoms with E-state index in [4.69, 9.17) is 4.74 Å². The first-order chi connectivity index (χ1) is 15.7. The number of Topliss-reactive ketones (excluding diaryl/α,β-unsaturated/α-hetero) is 1. The van der Waals surface area contributed by atoms with E-state index in [2.05, 4.69) is 5.32 Å². The fourth-order valence-electron chi connectivity index (χ4n) is 6.51. The second-order valence-electron chi connectivity index (χ2n) is 9.95. The Kier molecular flexibility index (Phi) is 5.46. The maximum atomic E-state index is 13.1. The van der Waals surface area contributed by atoms with Crippen molar-refractivity contribution in [2.24, 2.45) is 23.2 Å². The summed E-state index contributed by atoms with van der Waals surface area (Å²) < 4.78 is 44.5. The molecule has 4 aliphatic carbocycles. The van der Waals surface area contributed by atoms with Crippen LogP contribution in [0.3, 0.4) is 0 Å². The molecule has 1 N–H and O–H groups in total. The van der Waals surface area contributed by atoms with Crippen molar-refractivity contribution >= 4 is 23.1 Å². The first-order valence-corrected chi connectivity index (χ1v) is 11.5. The average Bonchev–Trinajstić information content (AvgIpc) is 2.76. The maximum Gasteiger partial charge on any atom is 0.416 e. The molecular formula is C26H26F3NO3. The lowest BCUT2D eigenvalue weighted by Gasteiger charge is -2.55. The van der Waals surface area contributed by atoms with Crippen LogP contribution < -0.4 is 5.32 Å². The summed E-state index contributed by atoms with van der Waals surface area (Å²) in [4.78, 5) is 26.0. The van der Waals surface area contributed by atoms with Crippen molar-refractivity contribution in [3.05, 3.63) is 59.7 Å². The van der Waals surface area contributed by atoms with Gasteiger partial charge in [-0.2, -0.15) is 13.2 Å². The van der Waals surface area contributed by atoms with Gasteiger partial charge in [-0.05, 0) is 86.6 Å². The van der Waals surface area contributed by atoms with Crippen LogP contribution in [-0.2, 0) is 15.7 Å². The van der Waals surface area contributed by atoms with E-state index in [0.717, 1.165) is 31.4 Å². The summed E-state index contributed by atoms with van der Waals surface area (Å²) in [5.74, 6) is 1.20. The number of esters is 1. The molecule has 0 aliphatic heterocycles. The van der Waals surface area contributed by atoms with Gasteiger partial charge in [0.1, 0.15) is 0 Å². The van der Waals surface area contributed by atoms with Gasteiger partial charge in [0.25, 0.3) is 0 Å². The Balaban J connectivity index is 1.27. The third-order valence-corrected chi connectivity index (χ3v) is 7.58. The summed E-state index contributed by atoms with van der Waals surface area (Å²) in [7, 11) is 0. The zero-order valence-corrected chi connectivity index (χ0v) is 18.2. The number of alkyl halides is 3. The fourth-order valence-corrected chi connectivity index (χ4v) is 6.51. The summed E-state index contributed by atoms with van der Waals surface area (Å²) in [5.41, 5.74) is -0.425. The number of carbonyl (C=O) groups is 2. The van der Waals surface area contributed by atoms with Crippen LogP contribution in [0.4, 0.5) is 24.5 Å². The summed E-state index contributed by atoms with van der Waals surface area (Å²) in [5, 5.41) is 2.88. The van der Waals surface area contributed by atoms with Gasteiger partial charge in [-0.1, -0.05) is 18.2 Å². The Morgan fingerprint density at radius 2 is 1.58 bits per heavy atom. The maximum absolute atomic E-state index is 13.1. The van der Waals surface area contributed by atoms with Crippen LogP contribution in [0.2, 0.25) is 0 Å². The van der Waals surface area contributed by atoms with E-state index >= 15 is 0 Å². The number of carbonyl (C=O) groups excluding carboxylic acids is 2. The van der Waals surface area contributed by atoms with E-state index in [9.17, 15) is 22.8 Å². The number of hydrogen-bond acceptors (Lipinski definition) is 4. The minimum atomic E-state index is -4.46. The molecule has 0 spiro atoms. The van der Waals surface area contributed by atoms with E-state index in [-0.39, 0.29) is 29.1 Å². The Morgan fingerprint density at radius 3 is 2.21 bits per heavy atom. The molecule has 0 saturated heterocycles. The number of ketones is 1. The van der Waals surface area contributed by atoms with Crippen molar-refractivity contribution in [3.63, 3.8) is 0 Å². The molecule has 0 atom stereocenters. The van der Waals surface area contributed by atoms with E-state index in [1.54, 1.807) is 18.2 Å². The van der Waals surface area contributed by atoms with Crippen molar-refractivity contribution in [1.29, 1.82) is 0 Å². The summed E-state index contributed by atoms with van der Waals surface area (Å²) in [6.45, 7) is -0.261. The number of nitrogens with one attached hydrogen (secondary N) is 1. The molecule has 174 valence electrons. The first kappa shape index (κ1) is 22.0. The molecule has 0 heterocycles. The second kappa shape index (κ2) is 8.19. The Hall–Kier alpha value is -2.83. The van der Waals surface area contributed by atoms with Crippen LogP contribution >= 0.6 is 0 Å². The molecule has 33 heavy (non-hydrogen) atoms. The van der Waals surface area contributed by atoms with Gasteiger partial charge in [-0.15, -0.1) is 0 Å². The number of ether oxygens (including phenoxy) is 1. The van der Waals surface area contributed by atoms with Crippen LogP contribution in [0.1, 0.15) is 54.4 Å². The molecule has 4 bridgehead atoms. The van der Waals surface area contributed by atoms with Crippen molar-refractivity contribution in [3.8, 4) is 0 Å². The van der Waals surface area contributed by atoms with Gasteiger partial charge in [0, 0.05) is 11.1 Å². The number of rotatable bonds is 6. The van der Waals surface area contributed by atoms with Gasteiger partial charge in [-0.25, -0.2) is 4.79 Å². The molecule has 7 heteroatoms. The van der Waals surface area contributed by atoms with Crippen molar-refractivity contribution in [1.82, 2.24) is 0 Å². The zero-order chi connectivity index (χ0) is 23.2. The normalized spacial score (nSPS) is 27.9. The molecule has 4 nitrogen and oxygen atoms in total. The third kappa shape index (κ3) is 4.37. The average molecular weight is 457 g/mol. The molecule has 0 unspecified atom stereocenters. The lowest BCUT2D eigenvalue weighted by molar-refractivity contribution is -0.147. The van der Waals surface area contributed by atoms with Gasteiger partial charge in [-0.3, -0.25) is 4.79 Å². The number of anilines is 2. The number of benzene rings is 2. The predicted octanol–water partition coefficient (Wildman–Crippen LogP) is 6.39. The fraction of sp³-hybridized carbons (Fsp3) is 0.462. The molecule has 2 aromatic rings.